The van der Waals surface area contributed by atoms with Crippen LogP contribution >= 0.6 is 0 Å². The molecule has 0 saturated carbocycles. The molecule has 116 valence electrons. The zero-order valence-electron chi connectivity index (χ0n) is 11.1. The van der Waals surface area contributed by atoms with Crippen LogP contribution in [0.15, 0.2) is 18.3 Å². The third-order valence-electron chi connectivity index (χ3n) is 3.56. The van der Waals surface area contributed by atoms with Gasteiger partial charge in [0.1, 0.15) is 12.1 Å². The molecule has 0 radical (unpaired) electrons. The van der Waals surface area contributed by atoms with E-state index in [1.54, 1.807) is 16.8 Å². The summed E-state index contributed by atoms with van der Waals surface area (Å²) < 4.78 is 38.2. The lowest BCUT2D eigenvalue weighted by Gasteiger charge is -2.33. The number of carbonyl (C=O) groups is 2. The average molecular weight is 304 g/mol. The Kier molecular flexibility index (Phi) is 4.24. The number of likely N-dealkylation sites (tertiary alicyclic amines) is 1. The molecule has 2 heterocycles. The fraction of sp³-hybridized carbons (Fsp3) is 0.538. The molecule has 1 amide bonds. The molecule has 1 fully saturated rings. The van der Waals surface area contributed by atoms with Gasteiger partial charge in [0, 0.05) is 25.3 Å². The molecule has 1 aliphatic rings. The van der Waals surface area contributed by atoms with Gasteiger partial charge in [-0.15, -0.1) is 0 Å². The van der Waals surface area contributed by atoms with Crippen molar-refractivity contribution >= 4 is 11.9 Å². The van der Waals surface area contributed by atoms with Crippen LogP contribution < -0.4 is 0 Å². The fourth-order valence-corrected chi connectivity index (χ4v) is 2.57. The van der Waals surface area contributed by atoms with E-state index in [2.05, 4.69) is 0 Å². The van der Waals surface area contributed by atoms with Crippen molar-refractivity contribution in [3.8, 4) is 0 Å². The van der Waals surface area contributed by atoms with Crippen LogP contribution in [-0.2, 0) is 4.79 Å². The van der Waals surface area contributed by atoms with Crippen LogP contribution in [0.1, 0.15) is 35.8 Å². The van der Waals surface area contributed by atoms with E-state index in [9.17, 15) is 22.8 Å². The van der Waals surface area contributed by atoms with E-state index in [0.717, 1.165) is 0 Å². The smallest absolute Gasteiger partial charge is 0.397 e. The first-order chi connectivity index (χ1) is 9.78. The molecule has 1 aromatic rings. The molecule has 5 nitrogen and oxygen atoms in total. The predicted molar refractivity (Wildman–Crippen MR) is 66.9 cm³/mol. The Hall–Kier alpha value is -1.99. The SMILES string of the molecule is O=C(O)c1cccn1C1CCN(C(=O)CC(F)(F)F)CC1. The molecule has 0 aromatic carbocycles. The van der Waals surface area contributed by atoms with Gasteiger partial charge in [0.2, 0.25) is 5.91 Å². The van der Waals surface area contributed by atoms with E-state index in [1.807, 2.05) is 0 Å². The first-order valence-corrected chi connectivity index (χ1v) is 6.52. The lowest BCUT2D eigenvalue weighted by atomic mass is 10.0. The standard InChI is InChI=1S/C13H15F3N2O3/c14-13(15,16)8-11(19)17-6-3-9(4-7-17)18-5-1-2-10(18)12(20)21/h1-2,5,9H,3-4,6-8H2,(H,20,21). The number of amides is 1. The molecule has 1 N–H and O–H groups in total. The molecule has 0 spiro atoms. The zero-order chi connectivity index (χ0) is 15.6. The second-order valence-corrected chi connectivity index (χ2v) is 5.01. The minimum atomic E-state index is -4.50. The van der Waals surface area contributed by atoms with Crippen LogP contribution in [0, 0.1) is 0 Å². The molecule has 0 atom stereocenters. The van der Waals surface area contributed by atoms with Gasteiger partial charge in [-0.1, -0.05) is 0 Å². The Morgan fingerprint density at radius 1 is 1.29 bits per heavy atom. The van der Waals surface area contributed by atoms with Crippen molar-refractivity contribution in [1.82, 2.24) is 9.47 Å². The van der Waals surface area contributed by atoms with Crippen LogP contribution in [0.5, 0.6) is 0 Å². The number of piperidine rings is 1. The van der Waals surface area contributed by atoms with Crippen LogP contribution in [0.25, 0.3) is 0 Å². The number of carboxylic acids is 1. The third-order valence-corrected chi connectivity index (χ3v) is 3.56. The highest BCUT2D eigenvalue weighted by Crippen LogP contribution is 2.27. The molecule has 8 heteroatoms. The molecule has 1 aromatic heterocycles. The number of hydrogen-bond acceptors (Lipinski definition) is 2. The van der Waals surface area contributed by atoms with Crippen molar-refractivity contribution in [1.29, 1.82) is 0 Å². The van der Waals surface area contributed by atoms with Gasteiger partial charge >= 0.3 is 12.1 Å². The first kappa shape index (κ1) is 15.4. The molecule has 1 aliphatic heterocycles. The second-order valence-electron chi connectivity index (χ2n) is 5.01. The minimum absolute atomic E-state index is 0.110. The summed E-state index contributed by atoms with van der Waals surface area (Å²) in [5, 5.41) is 9.04. The van der Waals surface area contributed by atoms with E-state index in [0.29, 0.717) is 12.8 Å². The van der Waals surface area contributed by atoms with Crippen LogP contribution in [-0.4, -0.2) is 45.7 Å². The second kappa shape index (κ2) is 5.79. The lowest BCUT2D eigenvalue weighted by Crippen LogP contribution is -2.41. The summed E-state index contributed by atoms with van der Waals surface area (Å²) in [6, 6.07) is 2.98. The number of halogens is 3. The normalized spacial score (nSPS) is 17.0. The number of nitrogens with zero attached hydrogens (tertiary/aromatic N) is 2. The lowest BCUT2D eigenvalue weighted by molar-refractivity contribution is -0.162. The van der Waals surface area contributed by atoms with Crippen molar-refractivity contribution in [3.63, 3.8) is 0 Å². The van der Waals surface area contributed by atoms with Crippen molar-refractivity contribution in [3.05, 3.63) is 24.0 Å². The maximum Gasteiger partial charge on any atom is 0.397 e. The summed E-state index contributed by atoms with van der Waals surface area (Å²) >= 11 is 0. The maximum atomic E-state index is 12.2. The minimum Gasteiger partial charge on any atom is -0.477 e. The molecule has 2 rings (SSSR count). The number of carbonyl (C=O) groups excluding carboxylic acids is 1. The van der Waals surface area contributed by atoms with Gasteiger partial charge in [-0.05, 0) is 25.0 Å². The van der Waals surface area contributed by atoms with E-state index in [-0.39, 0.29) is 24.8 Å². The number of aromatic carboxylic acids is 1. The zero-order valence-corrected chi connectivity index (χ0v) is 11.1. The van der Waals surface area contributed by atoms with Crippen LogP contribution in [0.4, 0.5) is 13.2 Å². The molecule has 21 heavy (non-hydrogen) atoms. The Labute approximate surface area is 119 Å². The summed E-state index contributed by atoms with van der Waals surface area (Å²) in [4.78, 5) is 23.7. The molecule has 1 saturated heterocycles. The van der Waals surface area contributed by atoms with Crippen LogP contribution in [0.2, 0.25) is 0 Å². The highest BCUT2D eigenvalue weighted by Gasteiger charge is 2.35. The highest BCUT2D eigenvalue weighted by molar-refractivity contribution is 5.85. The number of carboxylic acid groups (broad SMARTS) is 1. The van der Waals surface area contributed by atoms with Gasteiger partial charge in [-0.25, -0.2) is 4.79 Å². The largest absolute Gasteiger partial charge is 0.477 e. The number of alkyl halides is 3. The van der Waals surface area contributed by atoms with E-state index in [1.165, 1.54) is 11.0 Å². The van der Waals surface area contributed by atoms with E-state index >= 15 is 0 Å². The number of aromatic nitrogens is 1. The molecule has 0 unspecified atom stereocenters. The Morgan fingerprint density at radius 2 is 1.90 bits per heavy atom. The van der Waals surface area contributed by atoms with Gasteiger partial charge in [-0.2, -0.15) is 13.2 Å². The van der Waals surface area contributed by atoms with Gasteiger partial charge in [0.15, 0.2) is 0 Å². The first-order valence-electron chi connectivity index (χ1n) is 6.52. The highest BCUT2D eigenvalue weighted by atomic mass is 19.4. The quantitative estimate of drug-likeness (QED) is 0.932. The Balaban J connectivity index is 1.96. The van der Waals surface area contributed by atoms with E-state index < -0.39 is 24.5 Å². The van der Waals surface area contributed by atoms with Crippen molar-refractivity contribution in [2.45, 2.75) is 31.5 Å². The average Bonchev–Trinajstić information content (AvgIpc) is 2.86. The van der Waals surface area contributed by atoms with Crippen molar-refractivity contribution in [2.75, 3.05) is 13.1 Å². The molecular weight excluding hydrogens is 289 g/mol. The van der Waals surface area contributed by atoms with Crippen molar-refractivity contribution in [2.24, 2.45) is 0 Å². The predicted octanol–water partition coefficient (Wildman–Crippen LogP) is 2.30. The summed E-state index contributed by atoms with van der Waals surface area (Å²) in [5.74, 6) is -1.97. The van der Waals surface area contributed by atoms with Crippen molar-refractivity contribution < 1.29 is 27.9 Å². The summed E-state index contributed by atoms with van der Waals surface area (Å²) in [6.07, 6.45) is -3.41. The summed E-state index contributed by atoms with van der Waals surface area (Å²) in [5.41, 5.74) is 0.148. The van der Waals surface area contributed by atoms with Gasteiger partial charge < -0.3 is 14.6 Å². The maximum absolute atomic E-state index is 12.2. The Bertz CT molecular complexity index is 531. The Morgan fingerprint density at radius 3 is 2.43 bits per heavy atom. The molecule has 0 bridgehead atoms. The van der Waals surface area contributed by atoms with Gasteiger partial charge in [0.05, 0.1) is 0 Å². The van der Waals surface area contributed by atoms with Gasteiger partial charge in [-0.3, -0.25) is 4.79 Å². The van der Waals surface area contributed by atoms with E-state index in [4.69, 9.17) is 5.11 Å². The van der Waals surface area contributed by atoms with Gasteiger partial charge in [0.25, 0.3) is 0 Å². The molecular formula is C13H15F3N2O3. The molecule has 0 aliphatic carbocycles. The number of rotatable bonds is 3. The van der Waals surface area contributed by atoms with Crippen LogP contribution in [0.3, 0.4) is 0 Å². The monoisotopic (exact) mass is 304 g/mol. The summed E-state index contributed by atoms with van der Waals surface area (Å²) in [6.45, 7) is 0.410. The summed E-state index contributed by atoms with van der Waals surface area (Å²) in [7, 11) is 0. The third kappa shape index (κ3) is 3.77. The fourth-order valence-electron chi connectivity index (χ4n) is 2.57. The number of hydrogen-bond donors (Lipinski definition) is 1. The topological polar surface area (TPSA) is 62.5 Å².